The molecule has 1 aromatic heterocycles. The standard InChI is InChI=1S/C15H23ClN4O/c1-11(21)19-6-5-7-20(9-8-19)13-10-12(16)17-14(18-13)15(2,3)4/h10H,5-9H2,1-4H3. The van der Waals surface area contributed by atoms with Crippen LogP contribution < -0.4 is 4.90 Å². The highest BCUT2D eigenvalue weighted by molar-refractivity contribution is 6.29. The summed E-state index contributed by atoms with van der Waals surface area (Å²) in [5.74, 6) is 1.73. The van der Waals surface area contributed by atoms with Crippen LogP contribution in [0.3, 0.4) is 0 Å². The van der Waals surface area contributed by atoms with E-state index in [9.17, 15) is 4.79 Å². The number of nitrogens with zero attached hydrogens (tertiary/aromatic N) is 4. The van der Waals surface area contributed by atoms with Crippen molar-refractivity contribution in [3.63, 3.8) is 0 Å². The Bertz CT molecular complexity index is 527. The summed E-state index contributed by atoms with van der Waals surface area (Å²) in [6, 6.07) is 1.81. The van der Waals surface area contributed by atoms with Crippen molar-refractivity contribution in [1.82, 2.24) is 14.9 Å². The summed E-state index contributed by atoms with van der Waals surface area (Å²) >= 11 is 6.15. The molecule has 0 aromatic carbocycles. The molecule has 0 spiro atoms. The van der Waals surface area contributed by atoms with Crippen LogP contribution in [0.4, 0.5) is 5.82 Å². The van der Waals surface area contributed by atoms with Crippen molar-refractivity contribution in [3.8, 4) is 0 Å². The highest BCUT2D eigenvalue weighted by Gasteiger charge is 2.22. The molecule has 0 N–H and O–H groups in total. The molecule has 0 radical (unpaired) electrons. The van der Waals surface area contributed by atoms with Gasteiger partial charge in [0.1, 0.15) is 16.8 Å². The Hall–Kier alpha value is -1.36. The number of hydrogen-bond acceptors (Lipinski definition) is 4. The van der Waals surface area contributed by atoms with Gasteiger partial charge in [0.15, 0.2) is 0 Å². The van der Waals surface area contributed by atoms with Crippen molar-refractivity contribution in [2.75, 3.05) is 31.1 Å². The smallest absolute Gasteiger partial charge is 0.219 e. The third-order valence-corrected chi connectivity index (χ3v) is 3.81. The van der Waals surface area contributed by atoms with E-state index in [0.717, 1.165) is 44.2 Å². The van der Waals surface area contributed by atoms with Gasteiger partial charge in [-0.05, 0) is 6.42 Å². The van der Waals surface area contributed by atoms with Crippen LogP contribution in [0.1, 0.15) is 39.9 Å². The average molecular weight is 311 g/mol. The van der Waals surface area contributed by atoms with Gasteiger partial charge in [-0.1, -0.05) is 32.4 Å². The molecule has 2 rings (SSSR count). The normalized spacial score (nSPS) is 16.8. The molecule has 1 aliphatic rings. The van der Waals surface area contributed by atoms with Crippen LogP contribution in [-0.2, 0) is 10.2 Å². The summed E-state index contributed by atoms with van der Waals surface area (Å²) in [6.45, 7) is 11.0. The molecule has 2 heterocycles. The van der Waals surface area contributed by atoms with Crippen molar-refractivity contribution >= 4 is 23.3 Å². The van der Waals surface area contributed by atoms with E-state index >= 15 is 0 Å². The highest BCUT2D eigenvalue weighted by Crippen LogP contribution is 2.24. The monoisotopic (exact) mass is 310 g/mol. The van der Waals surface area contributed by atoms with Gasteiger partial charge >= 0.3 is 0 Å². The zero-order valence-electron chi connectivity index (χ0n) is 13.2. The zero-order valence-corrected chi connectivity index (χ0v) is 13.9. The van der Waals surface area contributed by atoms with E-state index in [2.05, 4.69) is 35.6 Å². The van der Waals surface area contributed by atoms with E-state index < -0.39 is 0 Å². The number of halogens is 1. The predicted molar refractivity (Wildman–Crippen MR) is 84.8 cm³/mol. The highest BCUT2D eigenvalue weighted by atomic mass is 35.5. The molecule has 0 atom stereocenters. The second-order valence-electron chi connectivity index (χ2n) is 6.47. The Labute approximate surface area is 131 Å². The van der Waals surface area contributed by atoms with Crippen molar-refractivity contribution in [2.45, 2.75) is 39.5 Å². The molecule has 21 heavy (non-hydrogen) atoms. The second-order valence-corrected chi connectivity index (χ2v) is 6.86. The lowest BCUT2D eigenvalue weighted by molar-refractivity contribution is -0.128. The fourth-order valence-corrected chi connectivity index (χ4v) is 2.54. The van der Waals surface area contributed by atoms with Gasteiger partial charge in [-0.15, -0.1) is 0 Å². The minimum Gasteiger partial charge on any atom is -0.355 e. The quantitative estimate of drug-likeness (QED) is 0.748. The van der Waals surface area contributed by atoms with E-state index in [1.165, 1.54) is 0 Å². The second kappa shape index (κ2) is 6.18. The van der Waals surface area contributed by atoms with Gasteiger partial charge in [-0.25, -0.2) is 9.97 Å². The summed E-state index contributed by atoms with van der Waals surface area (Å²) in [5.41, 5.74) is -0.142. The zero-order chi connectivity index (χ0) is 15.6. The molecule has 1 fully saturated rings. The maximum Gasteiger partial charge on any atom is 0.219 e. The number of carbonyl (C=O) groups excluding carboxylic acids is 1. The lowest BCUT2D eigenvalue weighted by Crippen LogP contribution is -2.34. The Balaban J connectivity index is 2.22. The molecular formula is C15H23ClN4O. The molecule has 6 heteroatoms. The Kier molecular flexibility index (Phi) is 4.71. The fraction of sp³-hybridized carbons (Fsp3) is 0.667. The van der Waals surface area contributed by atoms with Crippen molar-refractivity contribution in [1.29, 1.82) is 0 Å². The van der Waals surface area contributed by atoms with Gasteiger partial charge in [-0.2, -0.15) is 0 Å². The summed E-state index contributed by atoms with van der Waals surface area (Å²) in [7, 11) is 0. The number of rotatable bonds is 1. The third kappa shape index (κ3) is 4.06. The molecule has 5 nitrogen and oxygen atoms in total. The van der Waals surface area contributed by atoms with E-state index in [1.807, 2.05) is 4.90 Å². The number of hydrogen-bond donors (Lipinski definition) is 0. The Morgan fingerprint density at radius 2 is 1.90 bits per heavy atom. The minimum atomic E-state index is -0.142. The maximum absolute atomic E-state index is 11.5. The Morgan fingerprint density at radius 1 is 1.19 bits per heavy atom. The van der Waals surface area contributed by atoms with Crippen LogP contribution in [0.2, 0.25) is 5.15 Å². The number of carbonyl (C=O) groups is 1. The first-order valence-electron chi connectivity index (χ1n) is 7.33. The molecule has 0 aliphatic carbocycles. The first-order chi connectivity index (χ1) is 9.77. The molecule has 1 aliphatic heterocycles. The lowest BCUT2D eigenvalue weighted by Gasteiger charge is -2.24. The fourth-order valence-electron chi connectivity index (χ4n) is 2.36. The number of anilines is 1. The molecule has 0 bridgehead atoms. The van der Waals surface area contributed by atoms with Crippen LogP contribution in [0.15, 0.2) is 6.07 Å². The van der Waals surface area contributed by atoms with Gasteiger partial charge < -0.3 is 9.80 Å². The molecule has 0 saturated carbocycles. The van der Waals surface area contributed by atoms with Crippen LogP contribution in [0.5, 0.6) is 0 Å². The van der Waals surface area contributed by atoms with Gasteiger partial charge in [0.25, 0.3) is 0 Å². The SMILES string of the molecule is CC(=O)N1CCCN(c2cc(Cl)nc(C(C)(C)C)n2)CC1. The van der Waals surface area contributed by atoms with E-state index in [0.29, 0.717) is 5.15 Å². The third-order valence-electron chi connectivity index (χ3n) is 3.62. The first-order valence-corrected chi connectivity index (χ1v) is 7.70. The first kappa shape index (κ1) is 16.0. The topological polar surface area (TPSA) is 49.3 Å². The van der Waals surface area contributed by atoms with Crippen molar-refractivity contribution in [2.24, 2.45) is 0 Å². The van der Waals surface area contributed by atoms with Gasteiger partial charge in [0.2, 0.25) is 5.91 Å². The summed E-state index contributed by atoms with van der Waals surface area (Å²) < 4.78 is 0. The van der Waals surface area contributed by atoms with Gasteiger partial charge in [0, 0.05) is 44.6 Å². The van der Waals surface area contributed by atoms with Crippen LogP contribution >= 0.6 is 11.6 Å². The maximum atomic E-state index is 11.5. The summed E-state index contributed by atoms with van der Waals surface area (Å²) in [5, 5.41) is 0.470. The summed E-state index contributed by atoms with van der Waals surface area (Å²) in [6.07, 6.45) is 0.937. The number of amides is 1. The molecule has 0 unspecified atom stereocenters. The van der Waals surface area contributed by atoms with Gasteiger partial charge in [-0.3, -0.25) is 4.79 Å². The Morgan fingerprint density at radius 3 is 2.52 bits per heavy atom. The van der Waals surface area contributed by atoms with E-state index in [1.54, 1.807) is 13.0 Å². The van der Waals surface area contributed by atoms with Crippen molar-refractivity contribution in [3.05, 3.63) is 17.0 Å². The van der Waals surface area contributed by atoms with Crippen LogP contribution in [-0.4, -0.2) is 47.0 Å². The van der Waals surface area contributed by atoms with Gasteiger partial charge in [0.05, 0.1) is 0 Å². The molecule has 116 valence electrons. The molecule has 1 saturated heterocycles. The molecule has 1 aromatic rings. The van der Waals surface area contributed by atoms with Crippen LogP contribution in [0.25, 0.3) is 0 Å². The largest absolute Gasteiger partial charge is 0.355 e. The number of aromatic nitrogens is 2. The molecular weight excluding hydrogens is 288 g/mol. The minimum absolute atomic E-state index is 0.132. The predicted octanol–water partition coefficient (Wildman–Crippen LogP) is 2.49. The van der Waals surface area contributed by atoms with Crippen LogP contribution in [0, 0.1) is 0 Å². The summed E-state index contributed by atoms with van der Waals surface area (Å²) in [4.78, 5) is 24.6. The van der Waals surface area contributed by atoms with Crippen molar-refractivity contribution < 1.29 is 4.79 Å². The lowest BCUT2D eigenvalue weighted by atomic mass is 9.96. The molecule has 1 amide bonds. The van der Waals surface area contributed by atoms with E-state index in [-0.39, 0.29) is 11.3 Å². The average Bonchev–Trinajstić information content (AvgIpc) is 2.62. The van der Waals surface area contributed by atoms with E-state index in [4.69, 9.17) is 11.6 Å².